The number of ether oxygens (including phenoxy) is 1. The summed E-state index contributed by atoms with van der Waals surface area (Å²) in [6, 6.07) is 24.3. The van der Waals surface area contributed by atoms with E-state index in [9.17, 15) is 22.4 Å². The number of benzene rings is 4. The first kappa shape index (κ1) is 34.5. The molecule has 0 aromatic heterocycles. The lowest BCUT2D eigenvalue weighted by Gasteiger charge is -2.34. The first-order valence-corrected chi connectivity index (χ1v) is 16.5. The number of halogens is 2. The fraction of sp³-hybridized carbons (Fsp3) is 0.257. The molecule has 1 N–H and O–H groups in total. The first-order valence-electron chi connectivity index (χ1n) is 14.7. The van der Waals surface area contributed by atoms with Gasteiger partial charge in [0.15, 0.2) is 0 Å². The van der Waals surface area contributed by atoms with Gasteiger partial charge in [0.25, 0.3) is 10.0 Å². The van der Waals surface area contributed by atoms with E-state index < -0.39 is 40.2 Å². The molecule has 11 heteroatoms. The summed E-state index contributed by atoms with van der Waals surface area (Å²) in [4.78, 5) is 29.6. The van der Waals surface area contributed by atoms with E-state index in [0.717, 1.165) is 15.4 Å². The quantitative estimate of drug-likeness (QED) is 0.185. The maximum Gasteiger partial charge on any atom is 0.264 e. The highest BCUT2D eigenvalue weighted by Crippen LogP contribution is 2.35. The van der Waals surface area contributed by atoms with Crippen LogP contribution in [0.2, 0.25) is 5.02 Å². The van der Waals surface area contributed by atoms with Gasteiger partial charge in [0, 0.05) is 24.0 Å². The third-order valence-corrected chi connectivity index (χ3v) is 9.27. The Morgan fingerprint density at radius 2 is 1.57 bits per heavy atom. The summed E-state index contributed by atoms with van der Waals surface area (Å²) < 4.78 is 48.8. The lowest BCUT2D eigenvalue weighted by Crippen LogP contribution is -2.54. The van der Waals surface area contributed by atoms with E-state index >= 15 is 0 Å². The number of sulfonamides is 1. The highest BCUT2D eigenvalue weighted by Gasteiger charge is 2.36. The normalized spacial score (nSPS) is 12.0. The van der Waals surface area contributed by atoms with Gasteiger partial charge in [-0.05, 0) is 74.4 Å². The molecule has 0 bridgehead atoms. The Labute approximate surface area is 274 Å². The van der Waals surface area contributed by atoms with E-state index in [4.69, 9.17) is 16.3 Å². The molecular weight excluding hydrogens is 629 g/mol. The molecule has 0 unspecified atom stereocenters. The number of carbonyl (C=O) groups excluding carboxylic acids is 2. The van der Waals surface area contributed by atoms with E-state index in [1.165, 1.54) is 60.5 Å². The van der Waals surface area contributed by atoms with Crippen molar-refractivity contribution in [3.05, 3.63) is 125 Å². The Morgan fingerprint density at radius 3 is 2.17 bits per heavy atom. The predicted octanol–water partition coefficient (Wildman–Crippen LogP) is 6.16. The lowest BCUT2D eigenvalue weighted by atomic mass is 10.0. The minimum absolute atomic E-state index is 0.0450. The molecule has 0 radical (unpaired) electrons. The Balaban J connectivity index is 1.85. The van der Waals surface area contributed by atoms with Crippen LogP contribution in [0.4, 0.5) is 10.1 Å². The Bertz CT molecular complexity index is 1750. The summed E-state index contributed by atoms with van der Waals surface area (Å²) in [7, 11) is -2.97. The van der Waals surface area contributed by atoms with Crippen LogP contribution in [-0.4, -0.2) is 50.9 Å². The standard InChI is InChI=1S/C35H37ClFN3O5S/c1-24(2)38-35(42)32(20-26-8-6-5-7-9-26)39(22-27-12-15-29(37)16-13-27)34(41)23-40(31-21-28(36)14-19-33(31)45-4)46(43,44)30-17-10-25(3)11-18-30/h5-19,21,24,32H,20,22-23H2,1-4H3,(H,38,42)/t32-/m0/s1. The van der Waals surface area contributed by atoms with Crippen LogP contribution in [0.5, 0.6) is 5.75 Å². The van der Waals surface area contributed by atoms with Crippen molar-refractivity contribution >= 4 is 39.1 Å². The van der Waals surface area contributed by atoms with Crippen molar-refractivity contribution in [3.8, 4) is 5.75 Å². The topological polar surface area (TPSA) is 96.0 Å². The molecule has 0 saturated carbocycles. The molecule has 0 aliphatic heterocycles. The van der Waals surface area contributed by atoms with Crippen LogP contribution in [0.25, 0.3) is 0 Å². The number of hydrogen-bond acceptors (Lipinski definition) is 5. The van der Waals surface area contributed by atoms with Gasteiger partial charge in [0.2, 0.25) is 11.8 Å². The van der Waals surface area contributed by atoms with E-state index in [0.29, 0.717) is 5.56 Å². The van der Waals surface area contributed by atoms with Gasteiger partial charge >= 0.3 is 0 Å². The van der Waals surface area contributed by atoms with Crippen molar-refractivity contribution in [1.29, 1.82) is 0 Å². The van der Waals surface area contributed by atoms with Gasteiger partial charge in [-0.1, -0.05) is 71.8 Å². The van der Waals surface area contributed by atoms with Crippen molar-refractivity contribution in [1.82, 2.24) is 10.2 Å². The second-order valence-corrected chi connectivity index (χ2v) is 13.5. The van der Waals surface area contributed by atoms with Gasteiger partial charge in [0.05, 0.1) is 17.7 Å². The van der Waals surface area contributed by atoms with Crippen molar-refractivity contribution in [3.63, 3.8) is 0 Å². The average Bonchev–Trinajstić information content (AvgIpc) is 3.02. The summed E-state index contributed by atoms with van der Waals surface area (Å²) >= 11 is 6.33. The summed E-state index contributed by atoms with van der Waals surface area (Å²) in [6.45, 7) is 4.68. The minimum atomic E-state index is -4.35. The van der Waals surface area contributed by atoms with Crippen molar-refractivity contribution in [2.24, 2.45) is 0 Å². The fourth-order valence-electron chi connectivity index (χ4n) is 4.93. The van der Waals surface area contributed by atoms with Crippen LogP contribution in [-0.2, 0) is 32.6 Å². The lowest BCUT2D eigenvalue weighted by molar-refractivity contribution is -0.140. The zero-order chi connectivity index (χ0) is 33.4. The molecule has 4 rings (SSSR count). The van der Waals surface area contributed by atoms with Gasteiger partial charge in [-0.3, -0.25) is 13.9 Å². The smallest absolute Gasteiger partial charge is 0.264 e. The number of nitrogens with one attached hydrogen (secondary N) is 1. The fourth-order valence-corrected chi connectivity index (χ4v) is 6.51. The highest BCUT2D eigenvalue weighted by molar-refractivity contribution is 7.92. The molecule has 242 valence electrons. The molecule has 0 saturated heterocycles. The Morgan fingerprint density at radius 1 is 0.913 bits per heavy atom. The molecule has 0 aliphatic rings. The van der Waals surface area contributed by atoms with Crippen LogP contribution in [0.3, 0.4) is 0 Å². The minimum Gasteiger partial charge on any atom is -0.495 e. The molecular formula is C35H37ClFN3O5S. The number of anilines is 1. The Hall–Kier alpha value is -4.41. The first-order chi connectivity index (χ1) is 21.9. The summed E-state index contributed by atoms with van der Waals surface area (Å²) in [5.74, 6) is -1.36. The van der Waals surface area contributed by atoms with E-state index in [1.54, 1.807) is 18.2 Å². The van der Waals surface area contributed by atoms with Crippen LogP contribution >= 0.6 is 11.6 Å². The van der Waals surface area contributed by atoms with Crippen LogP contribution in [0.1, 0.15) is 30.5 Å². The SMILES string of the molecule is COc1ccc(Cl)cc1N(CC(=O)N(Cc1ccc(F)cc1)[C@@H](Cc1ccccc1)C(=O)NC(C)C)S(=O)(=O)c1ccc(C)cc1. The van der Waals surface area contributed by atoms with Gasteiger partial charge in [-0.25, -0.2) is 12.8 Å². The molecule has 0 spiro atoms. The van der Waals surface area contributed by atoms with Crippen LogP contribution < -0.4 is 14.4 Å². The van der Waals surface area contributed by atoms with Crippen molar-refractivity contribution in [2.45, 2.75) is 50.7 Å². The van der Waals surface area contributed by atoms with Gasteiger partial charge in [-0.15, -0.1) is 0 Å². The third-order valence-electron chi connectivity index (χ3n) is 7.27. The molecule has 46 heavy (non-hydrogen) atoms. The average molecular weight is 666 g/mol. The zero-order valence-electron chi connectivity index (χ0n) is 26.1. The number of aryl methyl sites for hydroxylation is 1. The number of carbonyl (C=O) groups is 2. The number of hydrogen-bond donors (Lipinski definition) is 1. The molecule has 4 aromatic rings. The molecule has 4 aromatic carbocycles. The second-order valence-electron chi connectivity index (χ2n) is 11.2. The largest absolute Gasteiger partial charge is 0.495 e. The monoisotopic (exact) mass is 665 g/mol. The predicted molar refractivity (Wildman–Crippen MR) is 178 cm³/mol. The maximum absolute atomic E-state index is 14.5. The third kappa shape index (κ3) is 8.64. The maximum atomic E-state index is 14.5. The highest BCUT2D eigenvalue weighted by atomic mass is 35.5. The van der Waals surface area contributed by atoms with E-state index in [-0.39, 0.29) is 40.4 Å². The molecule has 8 nitrogen and oxygen atoms in total. The van der Waals surface area contributed by atoms with Crippen LogP contribution in [0.15, 0.2) is 102 Å². The number of methoxy groups -OCH3 is 1. The van der Waals surface area contributed by atoms with Crippen molar-refractivity contribution < 1.29 is 27.1 Å². The zero-order valence-corrected chi connectivity index (χ0v) is 27.7. The van der Waals surface area contributed by atoms with Crippen LogP contribution in [0, 0.1) is 12.7 Å². The number of rotatable bonds is 13. The molecule has 2 amide bonds. The summed E-state index contributed by atoms with van der Waals surface area (Å²) in [5, 5.41) is 3.13. The molecule has 0 heterocycles. The second kappa shape index (κ2) is 15.2. The number of nitrogens with zero attached hydrogens (tertiary/aromatic N) is 2. The molecule has 0 fully saturated rings. The summed E-state index contributed by atoms with van der Waals surface area (Å²) in [6.07, 6.45) is 0.150. The molecule has 1 atom stereocenters. The summed E-state index contributed by atoms with van der Waals surface area (Å²) in [5.41, 5.74) is 2.26. The number of amides is 2. The van der Waals surface area contributed by atoms with Crippen molar-refractivity contribution in [2.75, 3.05) is 18.0 Å². The molecule has 0 aliphatic carbocycles. The Kier molecular flexibility index (Phi) is 11.4. The van der Waals surface area contributed by atoms with E-state index in [1.807, 2.05) is 51.1 Å². The van der Waals surface area contributed by atoms with E-state index in [2.05, 4.69) is 5.32 Å². The van der Waals surface area contributed by atoms with Gasteiger partial charge < -0.3 is 15.0 Å². The van der Waals surface area contributed by atoms with Gasteiger partial charge in [0.1, 0.15) is 24.2 Å². The van der Waals surface area contributed by atoms with Gasteiger partial charge in [-0.2, -0.15) is 0 Å².